The van der Waals surface area contributed by atoms with Gasteiger partial charge in [0.2, 0.25) is 6.79 Å². The zero-order chi connectivity index (χ0) is 19.0. The Morgan fingerprint density at radius 2 is 1.89 bits per heavy atom. The van der Waals surface area contributed by atoms with E-state index in [1.54, 1.807) is 12.1 Å². The number of fused-ring (bicyclic) bond motifs is 1. The maximum absolute atomic E-state index is 12.6. The number of phenols is 1. The van der Waals surface area contributed by atoms with Crippen LogP contribution < -0.4 is 14.2 Å². The fraction of sp³-hybridized carbons (Fsp3) is 0.381. The van der Waals surface area contributed by atoms with Crippen molar-refractivity contribution in [1.29, 1.82) is 0 Å². The van der Waals surface area contributed by atoms with E-state index < -0.39 is 5.41 Å². The Hall–Kier alpha value is -2.89. The first-order valence-corrected chi connectivity index (χ1v) is 8.91. The summed E-state index contributed by atoms with van der Waals surface area (Å²) in [5.74, 6) is 1.80. The molecular formula is C21H22O6. The van der Waals surface area contributed by atoms with Crippen molar-refractivity contribution < 1.29 is 28.8 Å². The summed E-state index contributed by atoms with van der Waals surface area (Å²) in [6, 6.07) is 11.0. The Bertz CT molecular complexity index is 877. The minimum atomic E-state index is -0.654. The number of cyclic esters (lactones) is 1. The van der Waals surface area contributed by atoms with Crippen molar-refractivity contribution in [2.24, 2.45) is 11.3 Å². The van der Waals surface area contributed by atoms with Crippen LogP contribution in [0.1, 0.15) is 18.1 Å². The molecule has 1 N–H and O–H groups in total. The average Bonchev–Trinajstić information content (AvgIpc) is 3.23. The fourth-order valence-electron chi connectivity index (χ4n) is 3.80. The topological polar surface area (TPSA) is 74.2 Å². The van der Waals surface area contributed by atoms with E-state index in [9.17, 15) is 9.90 Å². The second-order valence-corrected chi connectivity index (χ2v) is 7.29. The zero-order valence-electron chi connectivity index (χ0n) is 15.4. The van der Waals surface area contributed by atoms with Gasteiger partial charge in [0.1, 0.15) is 0 Å². The lowest BCUT2D eigenvalue weighted by molar-refractivity contribution is -0.145. The molecule has 27 heavy (non-hydrogen) atoms. The third-order valence-electron chi connectivity index (χ3n) is 5.52. The number of ether oxygens (including phenoxy) is 4. The largest absolute Gasteiger partial charge is 0.504 e. The monoisotopic (exact) mass is 370 g/mol. The van der Waals surface area contributed by atoms with E-state index in [2.05, 4.69) is 0 Å². The van der Waals surface area contributed by atoms with Crippen LogP contribution in [0.25, 0.3) is 0 Å². The summed E-state index contributed by atoms with van der Waals surface area (Å²) in [5.41, 5.74) is 1.34. The van der Waals surface area contributed by atoms with Crippen molar-refractivity contribution in [2.45, 2.75) is 19.8 Å². The molecule has 6 heteroatoms. The van der Waals surface area contributed by atoms with Crippen LogP contribution in [0.2, 0.25) is 0 Å². The van der Waals surface area contributed by atoms with Gasteiger partial charge in [-0.05, 0) is 55.2 Å². The van der Waals surface area contributed by atoms with E-state index in [4.69, 9.17) is 18.9 Å². The van der Waals surface area contributed by atoms with E-state index in [0.29, 0.717) is 25.2 Å². The standard InChI is InChI=1S/C21H22O6/c1-21(10-14-3-5-16(22)18(9-14)24-2)15(11-25-20(21)23)7-13-4-6-17-19(8-13)27-12-26-17/h3-6,8-9,15,22H,7,10-12H2,1-2H3/t15-,21+/m0/s1. The molecule has 142 valence electrons. The van der Waals surface area contributed by atoms with Crippen LogP contribution in [0.15, 0.2) is 36.4 Å². The van der Waals surface area contributed by atoms with Crippen molar-refractivity contribution in [3.8, 4) is 23.0 Å². The molecule has 0 aromatic heterocycles. The predicted molar refractivity (Wildman–Crippen MR) is 97.2 cm³/mol. The molecule has 4 rings (SSSR count). The third kappa shape index (κ3) is 3.16. The SMILES string of the molecule is COc1cc(C[C@@]2(C)C(=O)OC[C@@H]2Cc2ccc3c(c2)OCO3)ccc1O. The molecule has 2 aliphatic heterocycles. The summed E-state index contributed by atoms with van der Waals surface area (Å²) in [6.07, 6.45) is 1.21. The number of hydrogen-bond donors (Lipinski definition) is 1. The van der Waals surface area contributed by atoms with Gasteiger partial charge < -0.3 is 24.1 Å². The van der Waals surface area contributed by atoms with Crippen LogP contribution >= 0.6 is 0 Å². The summed E-state index contributed by atoms with van der Waals surface area (Å²) < 4.78 is 21.4. The van der Waals surface area contributed by atoms with E-state index in [1.165, 1.54) is 7.11 Å². The number of carbonyl (C=O) groups is 1. The Labute approximate surface area is 157 Å². The van der Waals surface area contributed by atoms with Gasteiger partial charge in [-0.25, -0.2) is 0 Å². The molecule has 1 fully saturated rings. The van der Waals surface area contributed by atoms with Crippen LogP contribution in [0.3, 0.4) is 0 Å². The maximum atomic E-state index is 12.6. The van der Waals surface area contributed by atoms with Crippen molar-refractivity contribution in [3.63, 3.8) is 0 Å². The highest BCUT2D eigenvalue weighted by Gasteiger charge is 2.48. The number of phenolic OH excluding ortho intramolecular Hbond substituents is 1. The number of carbonyl (C=O) groups excluding carboxylic acids is 1. The van der Waals surface area contributed by atoms with Gasteiger partial charge in [0.25, 0.3) is 0 Å². The van der Waals surface area contributed by atoms with E-state index in [1.807, 2.05) is 31.2 Å². The number of aromatic hydroxyl groups is 1. The van der Waals surface area contributed by atoms with E-state index in [0.717, 1.165) is 22.6 Å². The smallest absolute Gasteiger partial charge is 0.312 e. The maximum Gasteiger partial charge on any atom is 0.312 e. The van der Waals surface area contributed by atoms with Crippen molar-refractivity contribution in [2.75, 3.05) is 20.5 Å². The highest BCUT2D eigenvalue weighted by atomic mass is 16.7. The lowest BCUT2D eigenvalue weighted by Crippen LogP contribution is -2.33. The van der Waals surface area contributed by atoms with Crippen LogP contribution in [-0.2, 0) is 22.4 Å². The summed E-state index contributed by atoms with van der Waals surface area (Å²) in [6.45, 7) is 2.57. The summed E-state index contributed by atoms with van der Waals surface area (Å²) in [7, 11) is 1.51. The molecular weight excluding hydrogens is 348 g/mol. The molecule has 2 aliphatic rings. The predicted octanol–water partition coefficient (Wildman–Crippen LogP) is 3.09. The fourth-order valence-corrected chi connectivity index (χ4v) is 3.80. The number of methoxy groups -OCH3 is 1. The lowest BCUT2D eigenvalue weighted by Gasteiger charge is -2.27. The number of hydrogen-bond acceptors (Lipinski definition) is 6. The zero-order valence-corrected chi connectivity index (χ0v) is 15.4. The minimum absolute atomic E-state index is 0.0326. The van der Waals surface area contributed by atoms with Gasteiger partial charge in [0.05, 0.1) is 19.1 Å². The van der Waals surface area contributed by atoms with Crippen molar-refractivity contribution >= 4 is 5.97 Å². The molecule has 0 aliphatic carbocycles. The van der Waals surface area contributed by atoms with Gasteiger partial charge in [-0.1, -0.05) is 12.1 Å². The summed E-state index contributed by atoms with van der Waals surface area (Å²) in [4.78, 5) is 12.6. The number of benzene rings is 2. The molecule has 6 nitrogen and oxygen atoms in total. The Morgan fingerprint density at radius 3 is 2.70 bits per heavy atom. The van der Waals surface area contributed by atoms with Gasteiger partial charge in [0, 0.05) is 5.92 Å². The highest BCUT2D eigenvalue weighted by molar-refractivity contribution is 5.79. The molecule has 0 amide bonds. The second-order valence-electron chi connectivity index (χ2n) is 7.29. The van der Waals surface area contributed by atoms with Gasteiger partial charge in [0.15, 0.2) is 23.0 Å². The molecule has 0 radical (unpaired) electrons. The Kier molecular flexibility index (Phi) is 4.34. The molecule has 0 spiro atoms. The summed E-state index contributed by atoms with van der Waals surface area (Å²) >= 11 is 0. The normalized spacial score (nSPS) is 23.3. The third-order valence-corrected chi connectivity index (χ3v) is 5.52. The average molecular weight is 370 g/mol. The van der Waals surface area contributed by atoms with Crippen LogP contribution in [0.5, 0.6) is 23.0 Å². The van der Waals surface area contributed by atoms with Crippen LogP contribution in [0.4, 0.5) is 0 Å². The number of rotatable bonds is 5. The molecule has 0 saturated carbocycles. The molecule has 2 aromatic rings. The summed E-state index contributed by atoms with van der Waals surface area (Å²) in [5, 5.41) is 9.80. The van der Waals surface area contributed by atoms with Gasteiger partial charge in [-0.2, -0.15) is 0 Å². The quantitative estimate of drug-likeness (QED) is 0.816. The molecule has 0 unspecified atom stereocenters. The van der Waals surface area contributed by atoms with E-state index >= 15 is 0 Å². The van der Waals surface area contributed by atoms with E-state index in [-0.39, 0.29) is 24.4 Å². The minimum Gasteiger partial charge on any atom is -0.504 e. The van der Waals surface area contributed by atoms with Crippen molar-refractivity contribution in [1.82, 2.24) is 0 Å². The first kappa shape index (κ1) is 17.5. The second kappa shape index (κ2) is 6.68. The molecule has 0 bridgehead atoms. The Balaban J connectivity index is 1.56. The van der Waals surface area contributed by atoms with Gasteiger partial charge in [-0.3, -0.25) is 4.79 Å². The van der Waals surface area contributed by atoms with Crippen LogP contribution in [-0.4, -0.2) is 31.6 Å². The lowest BCUT2D eigenvalue weighted by atomic mass is 9.72. The molecule has 1 saturated heterocycles. The Morgan fingerprint density at radius 1 is 1.11 bits per heavy atom. The highest BCUT2D eigenvalue weighted by Crippen LogP contribution is 2.42. The van der Waals surface area contributed by atoms with Crippen molar-refractivity contribution in [3.05, 3.63) is 47.5 Å². The molecule has 2 heterocycles. The molecule has 2 aromatic carbocycles. The first-order valence-electron chi connectivity index (χ1n) is 8.91. The first-order chi connectivity index (χ1) is 13.0. The molecule has 2 atom stereocenters. The van der Waals surface area contributed by atoms with Gasteiger partial charge >= 0.3 is 5.97 Å². The van der Waals surface area contributed by atoms with Crippen LogP contribution in [0, 0.1) is 11.3 Å². The number of esters is 1. The van der Waals surface area contributed by atoms with Gasteiger partial charge in [-0.15, -0.1) is 0 Å².